The fraction of sp³-hybridized carbons (Fsp3) is 0.0444. The molecule has 0 heterocycles. The molecule has 1 spiro atoms. The molecule has 0 aromatic heterocycles. The van der Waals surface area contributed by atoms with E-state index in [1.807, 2.05) is 12.1 Å². The summed E-state index contributed by atoms with van der Waals surface area (Å²) in [5.41, 5.74) is 13.9. The molecule has 0 fully saturated rings. The van der Waals surface area contributed by atoms with Gasteiger partial charge in [0.1, 0.15) is 0 Å². The number of benzene rings is 5. The van der Waals surface area contributed by atoms with Crippen LogP contribution in [0.2, 0.25) is 0 Å². The number of nitriles is 1. The average molecular weight is 586 g/mol. The molecule has 2 bridgehead atoms. The summed E-state index contributed by atoms with van der Waals surface area (Å²) in [5, 5.41) is 9.42. The smallest absolute Gasteiger partial charge is 0.0991 e. The van der Waals surface area contributed by atoms with Crippen molar-refractivity contribution in [2.45, 2.75) is 11.3 Å². The molecule has 0 saturated carbocycles. The van der Waals surface area contributed by atoms with E-state index >= 15 is 0 Å². The number of allylic oxidation sites excluding steroid dienone is 12. The highest BCUT2D eigenvalue weighted by atomic mass is 14.5. The quantitative estimate of drug-likeness (QED) is 0.193. The first-order valence-corrected chi connectivity index (χ1v) is 15.8. The molecule has 0 radical (unpaired) electrons. The summed E-state index contributed by atoms with van der Waals surface area (Å²) < 4.78 is 0. The van der Waals surface area contributed by atoms with E-state index in [1.54, 1.807) is 0 Å². The summed E-state index contributed by atoms with van der Waals surface area (Å²) in [6.07, 6.45) is 21.9. The summed E-state index contributed by atoms with van der Waals surface area (Å²) >= 11 is 0. The lowest BCUT2D eigenvalue weighted by Crippen LogP contribution is -2.30. The van der Waals surface area contributed by atoms with Gasteiger partial charge in [0.25, 0.3) is 0 Å². The second-order valence-corrected chi connectivity index (χ2v) is 12.0. The summed E-state index contributed by atoms with van der Waals surface area (Å²) in [6, 6.07) is 45.8. The topological polar surface area (TPSA) is 23.8 Å². The first-order chi connectivity index (χ1) is 22.8. The predicted molar refractivity (Wildman–Crippen MR) is 189 cm³/mol. The second kappa shape index (κ2) is 11.5. The highest BCUT2D eigenvalue weighted by Gasteiger charge is 2.47. The van der Waals surface area contributed by atoms with Crippen molar-refractivity contribution in [1.82, 2.24) is 0 Å². The predicted octanol–water partition coefficient (Wildman–Crippen LogP) is 10.8. The zero-order chi connectivity index (χ0) is 30.9. The Morgan fingerprint density at radius 3 is 1.85 bits per heavy atom. The molecule has 0 saturated heterocycles. The van der Waals surface area contributed by atoms with Crippen LogP contribution in [0.15, 0.2) is 193 Å². The van der Waals surface area contributed by atoms with Crippen LogP contribution < -0.4 is 0 Å². The Labute approximate surface area is 270 Å². The molecule has 5 aromatic carbocycles. The maximum absolute atomic E-state index is 9.42. The molecule has 5 aromatic rings. The first-order valence-electron chi connectivity index (χ1n) is 15.8. The number of fused-ring (bicyclic) bond motifs is 3. The SMILES string of the molecule is N#Cc1ccc(C(c2ccccc2)c2cccc(-c3ccc4c(c3)C3(C5=C\C=C/C=C\C3=C\C=C/C=C\5)c3ccccc3-4)c2)cc1. The molecular formula is C45H31N. The van der Waals surface area contributed by atoms with Crippen molar-refractivity contribution in [2.24, 2.45) is 0 Å². The highest BCUT2D eigenvalue weighted by molar-refractivity contribution is 5.89. The molecule has 1 atom stereocenters. The van der Waals surface area contributed by atoms with Crippen molar-refractivity contribution >= 4 is 0 Å². The molecule has 8 rings (SSSR count). The Bertz CT molecular complexity index is 2160. The van der Waals surface area contributed by atoms with Crippen LogP contribution in [0.3, 0.4) is 0 Å². The summed E-state index contributed by atoms with van der Waals surface area (Å²) in [7, 11) is 0. The fourth-order valence-electron chi connectivity index (χ4n) is 7.49. The molecule has 1 nitrogen and oxygen atoms in total. The Balaban J connectivity index is 1.32. The van der Waals surface area contributed by atoms with Crippen LogP contribution in [0.5, 0.6) is 0 Å². The molecule has 3 aliphatic rings. The number of rotatable bonds is 4. The average Bonchev–Trinajstić information content (AvgIpc) is 3.39. The fourth-order valence-corrected chi connectivity index (χ4v) is 7.49. The van der Waals surface area contributed by atoms with Crippen LogP contribution in [0, 0.1) is 11.3 Å². The van der Waals surface area contributed by atoms with Gasteiger partial charge in [0.05, 0.1) is 17.0 Å². The van der Waals surface area contributed by atoms with Crippen LogP contribution in [0.4, 0.5) is 0 Å². The number of hydrogen-bond donors (Lipinski definition) is 0. The Morgan fingerprint density at radius 2 is 1.11 bits per heavy atom. The van der Waals surface area contributed by atoms with Crippen molar-refractivity contribution in [2.75, 3.05) is 0 Å². The molecule has 46 heavy (non-hydrogen) atoms. The highest BCUT2D eigenvalue weighted by Crippen LogP contribution is 2.58. The minimum absolute atomic E-state index is 0.0419. The van der Waals surface area contributed by atoms with E-state index in [1.165, 1.54) is 61.2 Å². The van der Waals surface area contributed by atoms with Gasteiger partial charge in [-0.25, -0.2) is 0 Å². The largest absolute Gasteiger partial charge is 0.192 e. The van der Waals surface area contributed by atoms with Crippen LogP contribution in [-0.4, -0.2) is 0 Å². The van der Waals surface area contributed by atoms with E-state index in [0.717, 1.165) is 0 Å². The van der Waals surface area contributed by atoms with Gasteiger partial charge in [-0.15, -0.1) is 0 Å². The molecule has 3 aliphatic carbocycles. The minimum Gasteiger partial charge on any atom is -0.192 e. The van der Waals surface area contributed by atoms with Gasteiger partial charge < -0.3 is 0 Å². The van der Waals surface area contributed by atoms with E-state index in [9.17, 15) is 5.26 Å². The Morgan fingerprint density at radius 1 is 0.478 bits per heavy atom. The third-order valence-electron chi connectivity index (χ3n) is 9.52. The molecule has 1 unspecified atom stereocenters. The Hall–Kier alpha value is -5.97. The lowest BCUT2D eigenvalue weighted by atomic mass is 9.65. The normalized spacial score (nSPS) is 22.9. The Kier molecular flexibility index (Phi) is 6.90. The van der Waals surface area contributed by atoms with Crippen molar-refractivity contribution in [3.05, 3.63) is 227 Å². The van der Waals surface area contributed by atoms with Gasteiger partial charge in [-0.2, -0.15) is 5.26 Å². The van der Waals surface area contributed by atoms with Crippen molar-refractivity contribution < 1.29 is 0 Å². The van der Waals surface area contributed by atoms with E-state index in [0.29, 0.717) is 5.56 Å². The molecule has 0 amide bonds. The lowest BCUT2D eigenvalue weighted by Gasteiger charge is -2.36. The summed E-state index contributed by atoms with van der Waals surface area (Å²) in [5.74, 6) is 0.0419. The third-order valence-corrected chi connectivity index (χ3v) is 9.52. The van der Waals surface area contributed by atoms with E-state index < -0.39 is 5.41 Å². The zero-order valence-electron chi connectivity index (χ0n) is 25.3. The van der Waals surface area contributed by atoms with E-state index in [-0.39, 0.29) is 5.92 Å². The maximum atomic E-state index is 9.42. The van der Waals surface area contributed by atoms with Gasteiger partial charge in [0.2, 0.25) is 0 Å². The molecule has 1 heteroatoms. The second-order valence-electron chi connectivity index (χ2n) is 12.0. The third kappa shape index (κ3) is 4.47. The van der Waals surface area contributed by atoms with Crippen LogP contribution in [0.1, 0.15) is 39.3 Å². The van der Waals surface area contributed by atoms with E-state index in [4.69, 9.17) is 0 Å². The monoisotopic (exact) mass is 585 g/mol. The summed E-state index contributed by atoms with van der Waals surface area (Å²) in [4.78, 5) is 0. The lowest BCUT2D eigenvalue weighted by molar-refractivity contribution is 0.764. The minimum atomic E-state index is -0.433. The number of hydrogen-bond acceptors (Lipinski definition) is 1. The van der Waals surface area contributed by atoms with Crippen LogP contribution in [0.25, 0.3) is 22.3 Å². The van der Waals surface area contributed by atoms with Crippen molar-refractivity contribution in [3.63, 3.8) is 0 Å². The van der Waals surface area contributed by atoms with Crippen LogP contribution >= 0.6 is 0 Å². The summed E-state index contributed by atoms with van der Waals surface area (Å²) in [6.45, 7) is 0. The van der Waals surface area contributed by atoms with Gasteiger partial charge in [-0.05, 0) is 79.4 Å². The van der Waals surface area contributed by atoms with E-state index in [2.05, 4.69) is 176 Å². The molecule has 0 N–H and O–H groups in total. The zero-order valence-corrected chi connectivity index (χ0v) is 25.3. The molecule has 0 aliphatic heterocycles. The maximum Gasteiger partial charge on any atom is 0.0991 e. The number of nitrogens with zero attached hydrogens (tertiary/aromatic N) is 1. The molecular weight excluding hydrogens is 555 g/mol. The van der Waals surface area contributed by atoms with Gasteiger partial charge in [-0.3, -0.25) is 0 Å². The van der Waals surface area contributed by atoms with Gasteiger partial charge >= 0.3 is 0 Å². The first kappa shape index (κ1) is 27.6. The van der Waals surface area contributed by atoms with Gasteiger partial charge in [-0.1, -0.05) is 164 Å². The van der Waals surface area contributed by atoms with Gasteiger partial charge in [0.15, 0.2) is 0 Å². The van der Waals surface area contributed by atoms with Crippen molar-refractivity contribution in [1.29, 1.82) is 5.26 Å². The van der Waals surface area contributed by atoms with Crippen LogP contribution in [-0.2, 0) is 5.41 Å². The molecule has 216 valence electrons. The van der Waals surface area contributed by atoms with Crippen molar-refractivity contribution in [3.8, 4) is 28.3 Å². The standard InChI is InChI=1S/C45H31N/c46-31-32-23-25-34(26-24-32)44(33-13-4-1-5-14-33)37-16-12-15-35(29-37)36-27-28-41-40-21-10-11-22-42(40)45(43(41)30-36)38-17-6-2-7-18-39(45)20-9-3-8-19-38/h1-30,44H/b6-2-,7-2?,8-3?,9-3-,17-6?,18-7-,19-8-,20-9?,38-17-,38-19?,39-18?,39-20-. The van der Waals surface area contributed by atoms with Gasteiger partial charge in [0, 0.05) is 5.92 Å².